The molecule has 0 spiro atoms. The summed E-state index contributed by atoms with van der Waals surface area (Å²) in [5.41, 5.74) is 1.12. The molecule has 0 aliphatic rings. The van der Waals surface area contributed by atoms with Gasteiger partial charge in [0.25, 0.3) is 8.53 Å². The quantitative estimate of drug-likeness (QED) is 0.0370. The number of hydrogen-bond donors (Lipinski definition) is 0. The van der Waals surface area contributed by atoms with Crippen LogP contribution in [0, 0.1) is 0 Å². The third-order valence-corrected chi connectivity index (χ3v) is 13.6. The monoisotopic (exact) mass is 848 g/mol. The van der Waals surface area contributed by atoms with Gasteiger partial charge in [0, 0.05) is 25.1 Å². The fraction of sp³-hybridized carbons (Fsp3) is 0.865. The van der Waals surface area contributed by atoms with Crippen molar-refractivity contribution < 1.29 is 23.3 Å². The van der Waals surface area contributed by atoms with Crippen LogP contribution in [0.2, 0.25) is 0 Å². The Morgan fingerprint density at radius 2 is 0.898 bits per heavy atom. The molecule has 2 atom stereocenters. The van der Waals surface area contributed by atoms with Crippen molar-refractivity contribution in [1.29, 1.82) is 0 Å². The number of rotatable bonds is 45. The van der Waals surface area contributed by atoms with Gasteiger partial charge in [-0.05, 0) is 46.1 Å². The standard InChI is InChI=1S/C52H98NO5P/c1-7-9-11-13-15-17-19-21-23-25-27-29-31-33-35-40-44-55-46-51(47-57-59(53(48(3)4)49(5)6)56-45-50-41-37-36-38-42-50)58-52(54)43-39-34-32-30-28-26-24-22-20-18-16-14-12-10-8-2/h36-38,41-42,48-49,51H,7-35,39-40,43-47H2,1-6H3/t51-,59?/m1/s1. The highest BCUT2D eigenvalue weighted by molar-refractivity contribution is 7.44. The average Bonchev–Trinajstić information content (AvgIpc) is 3.22. The zero-order valence-corrected chi connectivity index (χ0v) is 40.9. The van der Waals surface area contributed by atoms with E-state index in [2.05, 4.69) is 58.3 Å². The number of carbonyl (C=O) groups excluding carboxylic acids is 1. The maximum atomic E-state index is 13.1. The van der Waals surface area contributed by atoms with E-state index in [-0.39, 0.29) is 24.7 Å². The van der Waals surface area contributed by atoms with E-state index in [0.717, 1.165) is 24.8 Å². The van der Waals surface area contributed by atoms with E-state index < -0.39 is 14.6 Å². The Balaban J connectivity index is 2.43. The van der Waals surface area contributed by atoms with Crippen molar-refractivity contribution in [2.45, 2.75) is 272 Å². The second-order valence-electron chi connectivity index (χ2n) is 18.0. The zero-order valence-electron chi connectivity index (χ0n) is 40.0. The highest BCUT2D eigenvalue weighted by atomic mass is 31.2. The van der Waals surface area contributed by atoms with Crippen molar-refractivity contribution >= 4 is 14.5 Å². The lowest BCUT2D eigenvalue weighted by molar-refractivity contribution is -0.154. The fourth-order valence-corrected chi connectivity index (χ4v) is 9.61. The van der Waals surface area contributed by atoms with Crippen LogP contribution in [0.5, 0.6) is 0 Å². The van der Waals surface area contributed by atoms with Crippen molar-refractivity contribution in [3.63, 3.8) is 0 Å². The topological polar surface area (TPSA) is 57.2 Å². The maximum absolute atomic E-state index is 13.1. The smallest absolute Gasteiger partial charge is 0.306 e. The Hall–Kier alpha value is -1.04. The minimum absolute atomic E-state index is 0.140. The van der Waals surface area contributed by atoms with Crippen LogP contribution in [0.25, 0.3) is 0 Å². The first-order valence-corrected chi connectivity index (χ1v) is 26.7. The van der Waals surface area contributed by atoms with Crippen LogP contribution in [0.4, 0.5) is 0 Å². The van der Waals surface area contributed by atoms with Gasteiger partial charge in [-0.3, -0.25) is 4.79 Å². The molecule has 0 radical (unpaired) electrons. The third-order valence-electron chi connectivity index (χ3n) is 11.5. The maximum Gasteiger partial charge on any atom is 0.306 e. The molecule has 59 heavy (non-hydrogen) atoms. The minimum atomic E-state index is -1.37. The van der Waals surface area contributed by atoms with Crippen LogP contribution in [0.15, 0.2) is 30.3 Å². The molecule has 0 aromatic heterocycles. The largest absolute Gasteiger partial charge is 0.457 e. The number of esters is 1. The molecule has 0 amide bonds. The van der Waals surface area contributed by atoms with E-state index in [1.807, 2.05) is 18.2 Å². The predicted molar refractivity (Wildman–Crippen MR) is 256 cm³/mol. The molecule has 1 unspecified atom stereocenters. The van der Waals surface area contributed by atoms with Gasteiger partial charge >= 0.3 is 5.97 Å². The molecular formula is C52H98NO5P. The van der Waals surface area contributed by atoms with E-state index in [0.29, 0.717) is 26.2 Å². The second kappa shape index (κ2) is 42.3. The molecule has 7 heteroatoms. The van der Waals surface area contributed by atoms with E-state index in [1.165, 1.54) is 180 Å². The van der Waals surface area contributed by atoms with Gasteiger partial charge < -0.3 is 18.5 Å². The van der Waals surface area contributed by atoms with Gasteiger partial charge in [0.2, 0.25) is 0 Å². The highest BCUT2D eigenvalue weighted by Crippen LogP contribution is 2.46. The first kappa shape index (κ1) is 56.0. The van der Waals surface area contributed by atoms with Crippen LogP contribution in [0.3, 0.4) is 0 Å². The number of hydrogen-bond acceptors (Lipinski definition) is 6. The highest BCUT2D eigenvalue weighted by Gasteiger charge is 2.29. The van der Waals surface area contributed by atoms with Crippen molar-refractivity contribution in [2.75, 3.05) is 19.8 Å². The summed E-state index contributed by atoms with van der Waals surface area (Å²) in [4.78, 5) is 13.1. The average molecular weight is 848 g/mol. The first-order chi connectivity index (χ1) is 28.9. The Morgan fingerprint density at radius 1 is 0.508 bits per heavy atom. The van der Waals surface area contributed by atoms with Gasteiger partial charge in [0.15, 0.2) is 0 Å². The van der Waals surface area contributed by atoms with Gasteiger partial charge in [-0.2, -0.15) is 0 Å². The minimum Gasteiger partial charge on any atom is -0.457 e. The summed E-state index contributed by atoms with van der Waals surface area (Å²) in [7, 11) is -1.37. The van der Waals surface area contributed by atoms with Gasteiger partial charge in [0.1, 0.15) is 6.10 Å². The van der Waals surface area contributed by atoms with Crippen LogP contribution in [0.1, 0.15) is 253 Å². The van der Waals surface area contributed by atoms with Crippen molar-refractivity contribution in [1.82, 2.24) is 4.67 Å². The molecule has 0 saturated carbocycles. The molecule has 1 aromatic carbocycles. The number of nitrogens with zero attached hydrogens (tertiary/aromatic N) is 1. The summed E-state index contributed by atoms with van der Waals surface area (Å²) in [6, 6.07) is 10.7. The normalized spacial score (nSPS) is 12.9. The summed E-state index contributed by atoms with van der Waals surface area (Å²) in [6.07, 6.45) is 41.3. The van der Waals surface area contributed by atoms with Crippen molar-refractivity contribution in [3.8, 4) is 0 Å². The number of carbonyl (C=O) groups is 1. The van der Waals surface area contributed by atoms with Gasteiger partial charge in [-0.1, -0.05) is 230 Å². The molecule has 0 fully saturated rings. The number of ether oxygens (including phenoxy) is 2. The molecule has 0 saturated heterocycles. The predicted octanol–water partition coefficient (Wildman–Crippen LogP) is 17.0. The van der Waals surface area contributed by atoms with Gasteiger partial charge in [0.05, 0.1) is 19.8 Å². The summed E-state index contributed by atoms with van der Waals surface area (Å²) in [5, 5.41) is 0. The lowest BCUT2D eigenvalue weighted by atomic mass is 10.0. The van der Waals surface area contributed by atoms with Gasteiger partial charge in [-0.25, -0.2) is 4.67 Å². The molecule has 346 valence electrons. The third kappa shape index (κ3) is 35.2. The van der Waals surface area contributed by atoms with Crippen molar-refractivity contribution in [3.05, 3.63) is 35.9 Å². The number of benzene rings is 1. The summed E-state index contributed by atoms with van der Waals surface area (Å²) in [6.45, 7) is 15.1. The lowest BCUT2D eigenvalue weighted by Gasteiger charge is -2.36. The molecule has 0 heterocycles. The van der Waals surface area contributed by atoms with E-state index >= 15 is 0 Å². The summed E-state index contributed by atoms with van der Waals surface area (Å²) >= 11 is 0. The van der Waals surface area contributed by atoms with E-state index in [1.54, 1.807) is 0 Å². The first-order valence-electron chi connectivity index (χ1n) is 25.5. The Labute approximate surface area is 368 Å². The lowest BCUT2D eigenvalue weighted by Crippen LogP contribution is -2.35. The molecule has 0 aliphatic heterocycles. The van der Waals surface area contributed by atoms with Crippen LogP contribution < -0.4 is 0 Å². The Bertz CT molecular complexity index is 1000. The summed E-state index contributed by atoms with van der Waals surface area (Å²) in [5.74, 6) is -0.140. The summed E-state index contributed by atoms with van der Waals surface area (Å²) < 4.78 is 27.5. The molecule has 6 nitrogen and oxygen atoms in total. The second-order valence-corrected chi connectivity index (χ2v) is 19.5. The molecule has 0 bridgehead atoms. The molecule has 0 aliphatic carbocycles. The van der Waals surface area contributed by atoms with E-state index in [4.69, 9.17) is 18.5 Å². The van der Waals surface area contributed by atoms with Crippen molar-refractivity contribution in [2.24, 2.45) is 0 Å². The SMILES string of the molecule is CCCCCCCCCCCCCCCCCCOC[C@H](COP(OCc1ccccc1)N(C(C)C)C(C)C)OC(=O)CCCCCCCCCCCCCCCCC. The van der Waals surface area contributed by atoms with Crippen LogP contribution in [-0.2, 0) is 29.9 Å². The molecular weight excluding hydrogens is 750 g/mol. The number of unbranched alkanes of at least 4 members (excludes halogenated alkanes) is 29. The molecule has 1 aromatic rings. The Kier molecular flexibility index (Phi) is 40.1. The Morgan fingerprint density at radius 3 is 1.31 bits per heavy atom. The van der Waals surface area contributed by atoms with Crippen LogP contribution in [-0.4, -0.2) is 48.6 Å². The zero-order chi connectivity index (χ0) is 42.9. The van der Waals surface area contributed by atoms with E-state index in [9.17, 15) is 4.79 Å². The van der Waals surface area contributed by atoms with Gasteiger partial charge in [-0.15, -0.1) is 0 Å². The molecule has 1 rings (SSSR count). The fourth-order valence-electron chi connectivity index (χ4n) is 7.96. The van der Waals surface area contributed by atoms with Crippen LogP contribution >= 0.6 is 8.53 Å². The molecule has 0 N–H and O–H groups in total.